The largest absolute Gasteiger partial charge is 0.416 e. The standard InChI is InChI=1S/C21H19F6N7O/c22-20(23,24)12-34-17-14(10-30-34)29-11-16(31-17)32-6-2-19(3-7-32)4-8-33(18(19)35)15-9-13(1-5-28-15)21(25,26)27/h1,5,9-11H,2-4,6-8,12H2. The van der Waals surface area contributed by atoms with E-state index >= 15 is 0 Å². The minimum absolute atomic E-state index is 0.0128. The minimum Gasteiger partial charge on any atom is -0.355 e. The van der Waals surface area contributed by atoms with Crippen LogP contribution in [0.4, 0.5) is 38.0 Å². The molecule has 0 radical (unpaired) electrons. The molecule has 5 rings (SSSR count). The van der Waals surface area contributed by atoms with Crippen LogP contribution in [0.5, 0.6) is 0 Å². The van der Waals surface area contributed by atoms with Gasteiger partial charge in [0, 0.05) is 25.8 Å². The van der Waals surface area contributed by atoms with E-state index in [-0.39, 0.29) is 29.4 Å². The Kier molecular flexibility index (Phi) is 5.36. The van der Waals surface area contributed by atoms with E-state index < -0.39 is 29.9 Å². The number of carbonyl (C=O) groups is 1. The molecule has 0 aliphatic carbocycles. The number of alkyl halides is 6. The summed E-state index contributed by atoms with van der Waals surface area (Å²) in [5.74, 6) is 0.0743. The second kappa shape index (κ2) is 8.05. The monoisotopic (exact) mass is 499 g/mol. The average Bonchev–Trinajstić information content (AvgIpc) is 3.33. The van der Waals surface area contributed by atoms with Crippen molar-refractivity contribution >= 4 is 28.7 Å². The normalized spacial score (nSPS) is 18.7. The van der Waals surface area contributed by atoms with Crippen molar-refractivity contribution < 1.29 is 31.1 Å². The summed E-state index contributed by atoms with van der Waals surface area (Å²) in [6.07, 6.45) is -3.98. The highest BCUT2D eigenvalue weighted by atomic mass is 19.4. The maximum absolute atomic E-state index is 13.2. The molecule has 1 amide bonds. The van der Waals surface area contributed by atoms with E-state index in [4.69, 9.17) is 0 Å². The number of fused-ring (bicyclic) bond motifs is 1. The first-order chi connectivity index (χ1) is 16.5. The fraction of sp³-hybridized carbons (Fsp3) is 0.476. The maximum Gasteiger partial charge on any atom is 0.416 e. The number of rotatable bonds is 3. The number of aromatic nitrogens is 5. The number of piperidine rings is 1. The highest BCUT2D eigenvalue weighted by Crippen LogP contribution is 2.44. The van der Waals surface area contributed by atoms with Gasteiger partial charge in [0.25, 0.3) is 0 Å². The zero-order valence-corrected chi connectivity index (χ0v) is 18.1. The van der Waals surface area contributed by atoms with Crippen LogP contribution in [0, 0.1) is 5.41 Å². The van der Waals surface area contributed by atoms with Crippen molar-refractivity contribution in [1.29, 1.82) is 0 Å². The summed E-state index contributed by atoms with van der Waals surface area (Å²) in [4.78, 5) is 28.8. The zero-order valence-electron chi connectivity index (χ0n) is 18.1. The van der Waals surface area contributed by atoms with Gasteiger partial charge in [-0.1, -0.05) is 0 Å². The van der Waals surface area contributed by atoms with E-state index in [1.54, 1.807) is 0 Å². The first-order valence-corrected chi connectivity index (χ1v) is 10.8. The van der Waals surface area contributed by atoms with Gasteiger partial charge in [0.15, 0.2) is 5.65 Å². The maximum atomic E-state index is 13.2. The van der Waals surface area contributed by atoms with Crippen LogP contribution in [0.2, 0.25) is 0 Å². The van der Waals surface area contributed by atoms with Crippen molar-refractivity contribution in [3.63, 3.8) is 0 Å². The van der Waals surface area contributed by atoms with Crippen molar-refractivity contribution in [1.82, 2.24) is 24.7 Å². The Bertz CT molecular complexity index is 1260. The number of pyridine rings is 1. The Morgan fingerprint density at radius 3 is 2.34 bits per heavy atom. The molecule has 0 atom stereocenters. The molecule has 186 valence electrons. The van der Waals surface area contributed by atoms with Crippen LogP contribution in [0.25, 0.3) is 11.2 Å². The number of carbonyl (C=O) groups excluding carboxylic acids is 1. The van der Waals surface area contributed by atoms with Crippen molar-refractivity contribution in [3.8, 4) is 0 Å². The lowest BCUT2D eigenvalue weighted by Gasteiger charge is -2.38. The van der Waals surface area contributed by atoms with Crippen LogP contribution in [0.15, 0.2) is 30.7 Å². The lowest BCUT2D eigenvalue weighted by molar-refractivity contribution is -0.142. The zero-order chi connectivity index (χ0) is 25.0. The predicted octanol–water partition coefficient (Wildman–Crippen LogP) is 3.83. The number of amides is 1. The molecule has 0 unspecified atom stereocenters. The third kappa shape index (κ3) is 4.36. The van der Waals surface area contributed by atoms with Gasteiger partial charge in [-0.25, -0.2) is 19.6 Å². The molecule has 0 saturated carbocycles. The van der Waals surface area contributed by atoms with E-state index in [2.05, 4.69) is 20.1 Å². The molecule has 2 fully saturated rings. The van der Waals surface area contributed by atoms with Gasteiger partial charge in [-0.05, 0) is 31.4 Å². The third-order valence-electron chi connectivity index (χ3n) is 6.57. The summed E-state index contributed by atoms with van der Waals surface area (Å²) in [7, 11) is 0. The number of anilines is 2. The van der Waals surface area contributed by atoms with Crippen LogP contribution >= 0.6 is 0 Å². The third-order valence-corrected chi connectivity index (χ3v) is 6.57. The molecular formula is C21H19F6N7O. The Morgan fingerprint density at radius 1 is 0.943 bits per heavy atom. The minimum atomic E-state index is -4.54. The Balaban J connectivity index is 1.31. The molecule has 1 spiro atoms. The lowest BCUT2D eigenvalue weighted by Crippen LogP contribution is -2.45. The summed E-state index contributed by atoms with van der Waals surface area (Å²) in [6, 6.07) is 1.73. The topological polar surface area (TPSA) is 80.0 Å². The van der Waals surface area contributed by atoms with Crippen LogP contribution < -0.4 is 9.80 Å². The smallest absolute Gasteiger partial charge is 0.355 e. The van der Waals surface area contributed by atoms with Gasteiger partial charge in [-0.15, -0.1) is 0 Å². The average molecular weight is 499 g/mol. The molecule has 2 aliphatic rings. The van der Waals surface area contributed by atoms with E-state index in [0.29, 0.717) is 38.2 Å². The van der Waals surface area contributed by atoms with Crippen LogP contribution in [-0.2, 0) is 17.5 Å². The molecule has 0 N–H and O–H groups in total. The van der Waals surface area contributed by atoms with Gasteiger partial charge in [0.1, 0.15) is 23.7 Å². The fourth-order valence-corrected chi connectivity index (χ4v) is 4.69. The molecule has 0 bridgehead atoms. The lowest BCUT2D eigenvalue weighted by atomic mass is 9.77. The number of hydrogen-bond donors (Lipinski definition) is 0. The first kappa shape index (κ1) is 23.3. The summed E-state index contributed by atoms with van der Waals surface area (Å²) in [5, 5.41) is 3.72. The quantitative estimate of drug-likeness (QED) is 0.510. The molecule has 35 heavy (non-hydrogen) atoms. The molecule has 2 aliphatic heterocycles. The van der Waals surface area contributed by atoms with Crippen molar-refractivity contribution in [3.05, 3.63) is 36.3 Å². The van der Waals surface area contributed by atoms with Gasteiger partial charge >= 0.3 is 12.4 Å². The molecule has 8 nitrogen and oxygen atoms in total. The summed E-state index contributed by atoms with van der Waals surface area (Å²) < 4.78 is 78.5. The summed E-state index contributed by atoms with van der Waals surface area (Å²) >= 11 is 0. The van der Waals surface area contributed by atoms with Crippen molar-refractivity contribution in [2.75, 3.05) is 29.4 Å². The van der Waals surface area contributed by atoms with E-state index in [9.17, 15) is 31.1 Å². The van der Waals surface area contributed by atoms with E-state index in [1.807, 2.05) is 4.90 Å². The molecule has 2 saturated heterocycles. The molecule has 3 aromatic heterocycles. The Hall–Kier alpha value is -3.45. The Morgan fingerprint density at radius 2 is 1.66 bits per heavy atom. The molecule has 14 heteroatoms. The SMILES string of the molecule is O=C1N(c2cc(C(F)(F)F)ccn2)CCC12CCN(c1cnc3cnn(CC(F)(F)F)c3n1)CC2. The molecule has 3 aromatic rings. The molecule has 0 aromatic carbocycles. The highest BCUT2D eigenvalue weighted by molar-refractivity contribution is 5.99. The number of halogens is 6. The van der Waals surface area contributed by atoms with Gasteiger partial charge in [0.2, 0.25) is 5.91 Å². The second-order valence-corrected chi connectivity index (χ2v) is 8.73. The van der Waals surface area contributed by atoms with Crippen molar-refractivity contribution in [2.45, 2.75) is 38.2 Å². The fourth-order valence-electron chi connectivity index (χ4n) is 4.69. The molecule has 5 heterocycles. The van der Waals surface area contributed by atoms with Crippen LogP contribution in [0.3, 0.4) is 0 Å². The van der Waals surface area contributed by atoms with E-state index in [1.165, 1.54) is 17.3 Å². The predicted molar refractivity (Wildman–Crippen MR) is 111 cm³/mol. The Labute approximate surface area is 194 Å². The second-order valence-electron chi connectivity index (χ2n) is 8.73. The van der Waals surface area contributed by atoms with Gasteiger partial charge < -0.3 is 4.90 Å². The highest BCUT2D eigenvalue weighted by Gasteiger charge is 2.49. The van der Waals surface area contributed by atoms with Crippen LogP contribution in [0.1, 0.15) is 24.8 Å². The number of hydrogen-bond acceptors (Lipinski definition) is 6. The summed E-state index contributed by atoms with van der Waals surface area (Å²) in [5.41, 5.74) is -1.35. The van der Waals surface area contributed by atoms with Gasteiger partial charge in [0.05, 0.1) is 23.4 Å². The summed E-state index contributed by atoms with van der Waals surface area (Å²) in [6.45, 7) is -0.242. The van der Waals surface area contributed by atoms with Gasteiger partial charge in [-0.3, -0.25) is 9.69 Å². The van der Waals surface area contributed by atoms with Crippen molar-refractivity contribution in [2.24, 2.45) is 5.41 Å². The number of nitrogens with zero attached hydrogens (tertiary/aromatic N) is 7. The van der Waals surface area contributed by atoms with Crippen LogP contribution in [-0.4, -0.2) is 56.5 Å². The first-order valence-electron chi connectivity index (χ1n) is 10.8. The van der Waals surface area contributed by atoms with E-state index in [0.717, 1.165) is 23.0 Å². The molecular weight excluding hydrogens is 480 g/mol. The van der Waals surface area contributed by atoms with Gasteiger partial charge in [-0.2, -0.15) is 31.4 Å².